The van der Waals surface area contributed by atoms with Crippen LogP contribution in [0.25, 0.3) is 11.0 Å². The molecule has 3 aromatic rings. The number of carbonyl (C=O) groups excluding carboxylic acids is 1. The Balaban J connectivity index is 1.86. The van der Waals surface area contributed by atoms with E-state index in [1.807, 2.05) is 32.0 Å². The zero-order valence-electron chi connectivity index (χ0n) is 14.5. The Morgan fingerprint density at radius 1 is 1.28 bits per heavy atom. The highest BCUT2D eigenvalue weighted by molar-refractivity contribution is 6.05. The number of carbonyl (C=O) groups is 1. The molecule has 0 unspecified atom stereocenters. The lowest BCUT2D eigenvalue weighted by Crippen LogP contribution is -2.16. The molecule has 25 heavy (non-hydrogen) atoms. The minimum Gasteiger partial charge on any atom is -0.321 e. The Morgan fingerprint density at radius 3 is 2.80 bits per heavy atom. The van der Waals surface area contributed by atoms with Crippen LogP contribution in [0.15, 0.2) is 41.5 Å². The topological polar surface area (TPSA) is 83.0 Å². The molecule has 1 amide bonds. The quantitative estimate of drug-likeness (QED) is 0.745. The van der Waals surface area contributed by atoms with Gasteiger partial charge in [-0.3, -0.25) is 14.3 Å². The number of nitrogens with zero attached hydrogens (tertiary/aromatic N) is 3. The third-order valence-electron chi connectivity index (χ3n) is 3.91. The van der Waals surface area contributed by atoms with E-state index in [0.717, 1.165) is 23.1 Å². The SMILES string of the molecule is CCn1c(=O)[nH]c2ccc(C(=O)Nc3cncc(CN(C)C)c3)cc21. The number of rotatable bonds is 5. The second-order valence-electron chi connectivity index (χ2n) is 6.18. The molecule has 0 fully saturated rings. The first-order valence-electron chi connectivity index (χ1n) is 8.10. The molecule has 1 aromatic carbocycles. The average Bonchev–Trinajstić information content (AvgIpc) is 2.88. The molecule has 2 N–H and O–H groups in total. The van der Waals surface area contributed by atoms with Gasteiger partial charge in [0, 0.05) is 24.8 Å². The van der Waals surface area contributed by atoms with Crippen molar-refractivity contribution in [2.24, 2.45) is 0 Å². The summed E-state index contributed by atoms with van der Waals surface area (Å²) in [4.78, 5) is 33.4. The second kappa shape index (κ2) is 6.90. The predicted molar refractivity (Wildman–Crippen MR) is 97.8 cm³/mol. The maximum atomic E-state index is 12.6. The molecule has 130 valence electrons. The number of anilines is 1. The molecule has 0 aliphatic carbocycles. The Hall–Kier alpha value is -2.93. The van der Waals surface area contributed by atoms with Crippen molar-refractivity contribution in [3.8, 4) is 0 Å². The molecule has 2 aromatic heterocycles. The molecule has 0 saturated heterocycles. The van der Waals surface area contributed by atoms with Gasteiger partial charge in [0.05, 0.1) is 22.9 Å². The van der Waals surface area contributed by atoms with E-state index in [4.69, 9.17) is 0 Å². The number of H-pyrrole nitrogens is 1. The first kappa shape index (κ1) is 16.9. The molecule has 7 heteroatoms. The van der Waals surface area contributed by atoms with E-state index in [-0.39, 0.29) is 11.6 Å². The van der Waals surface area contributed by atoms with Crippen LogP contribution in [0.1, 0.15) is 22.8 Å². The summed E-state index contributed by atoms with van der Waals surface area (Å²) in [6, 6.07) is 7.08. The van der Waals surface area contributed by atoms with Gasteiger partial charge in [0.2, 0.25) is 0 Å². The van der Waals surface area contributed by atoms with Crippen LogP contribution in [0.3, 0.4) is 0 Å². The number of nitrogens with one attached hydrogen (secondary N) is 2. The lowest BCUT2D eigenvalue weighted by Gasteiger charge is -2.11. The van der Waals surface area contributed by atoms with Crippen LogP contribution in [-0.4, -0.2) is 39.4 Å². The van der Waals surface area contributed by atoms with Gasteiger partial charge in [-0.15, -0.1) is 0 Å². The van der Waals surface area contributed by atoms with Gasteiger partial charge in [0.15, 0.2) is 0 Å². The highest BCUT2D eigenvalue weighted by Gasteiger charge is 2.11. The van der Waals surface area contributed by atoms with Gasteiger partial charge in [-0.25, -0.2) is 4.79 Å². The number of hydrogen-bond acceptors (Lipinski definition) is 4. The zero-order chi connectivity index (χ0) is 18.0. The average molecular weight is 339 g/mol. The van der Waals surface area contributed by atoms with Gasteiger partial charge in [-0.1, -0.05) is 0 Å². The van der Waals surface area contributed by atoms with E-state index >= 15 is 0 Å². The summed E-state index contributed by atoms with van der Waals surface area (Å²) in [5, 5.41) is 2.86. The molecule has 0 spiro atoms. The van der Waals surface area contributed by atoms with Crippen molar-refractivity contribution in [3.63, 3.8) is 0 Å². The maximum absolute atomic E-state index is 12.6. The van der Waals surface area contributed by atoms with Crippen LogP contribution in [-0.2, 0) is 13.1 Å². The summed E-state index contributed by atoms with van der Waals surface area (Å²) in [6.07, 6.45) is 3.40. The van der Waals surface area contributed by atoms with Crippen molar-refractivity contribution in [1.82, 2.24) is 19.4 Å². The van der Waals surface area contributed by atoms with Gasteiger partial charge >= 0.3 is 5.69 Å². The summed E-state index contributed by atoms with van der Waals surface area (Å²) >= 11 is 0. The van der Waals surface area contributed by atoms with Crippen LogP contribution >= 0.6 is 0 Å². The Kier molecular flexibility index (Phi) is 4.67. The van der Waals surface area contributed by atoms with Gasteiger partial charge in [0.25, 0.3) is 5.91 Å². The van der Waals surface area contributed by atoms with Gasteiger partial charge in [-0.2, -0.15) is 0 Å². The second-order valence-corrected chi connectivity index (χ2v) is 6.18. The molecule has 0 atom stereocenters. The van der Waals surface area contributed by atoms with Crippen LogP contribution in [0.2, 0.25) is 0 Å². The number of imidazole rings is 1. The Labute approximate surface area is 145 Å². The summed E-state index contributed by atoms with van der Waals surface area (Å²) in [5.41, 5.74) is 3.43. The zero-order valence-corrected chi connectivity index (χ0v) is 14.5. The number of pyridine rings is 1. The predicted octanol–water partition coefficient (Wildman–Crippen LogP) is 2.06. The number of amides is 1. The van der Waals surface area contributed by atoms with Crippen molar-refractivity contribution in [2.45, 2.75) is 20.0 Å². The molecular formula is C18H21N5O2. The lowest BCUT2D eigenvalue weighted by molar-refractivity contribution is 0.102. The largest absolute Gasteiger partial charge is 0.326 e. The van der Waals surface area contributed by atoms with Crippen molar-refractivity contribution in [1.29, 1.82) is 0 Å². The Bertz CT molecular complexity index is 971. The third-order valence-corrected chi connectivity index (χ3v) is 3.91. The number of hydrogen-bond donors (Lipinski definition) is 2. The molecule has 7 nitrogen and oxygen atoms in total. The van der Waals surface area contributed by atoms with E-state index in [1.165, 1.54) is 0 Å². The minimum absolute atomic E-state index is 0.171. The highest BCUT2D eigenvalue weighted by atomic mass is 16.2. The molecule has 0 radical (unpaired) electrons. The van der Waals surface area contributed by atoms with Crippen LogP contribution < -0.4 is 11.0 Å². The standard InChI is InChI=1S/C18H21N5O2/c1-4-23-16-8-13(5-6-15(16)21-18(23)25)17(24)20-14-7-12(9-19-10-14)11-22(2)3/h5-10H,4,11H2,1-3H3,(H,20,24)(H,21,25). The van der Waals surface area contributed by atoms with Gasteiger partial charge in [0.1, 0.15) is 0 Å². The molecule has 0 bridgehead atoms. The summed E-state index contributed by atoms with van der Waals surface area (Å²) in [5.74, 6) is -0.234. The van der Waals surface area contributed by atoms with Crippen molar-refractivity contribution < 1.29 is 4.79 Å². The minimum atomic E-state index is -0.234. The van der Waals surface area contributed by atoms with E-state index in [2.05, 4.69) is 15.3 Å². The number of aryl methyl sites for hydroxylation is 1. The van der Waals surface area contributed by atoms with E-state index in [9.17, 15) is 9.59 Å². The number of benzene rings is 1. The van der Waals surface area contributed by atoms with Gasteiger partial charge in [-0.05, 0) is 50.8 Å². The smallest absolute Gasteiger partial charge is 0.321 e. The third kappa shape index (κ3) is 3.61. The number of fused-ring (bicyclic) bond motifs is 1. The fourth-order valence-electron chi connectivity index (χ4n) is 2.82. The molecule has 3 rings (SSSR count). The van der Waals surface area contributed by atoms with Crippen molar-refractivity contribution in [3.05, 3.63) is 58.3 Å². The Morgan fingerprint density at radius 2 is 2.08 bits per heavy atom. The molecule has 2 heterocycles. The first-order valence-corrected chi connectivity index (χ1v) is 8.10. The molecule has 0 saturated carbocycles. The fourth-order valence-corrected chi connectivity index (χ4v) is 2.82. The highest BCUT2D eigenvalue weighted by Crippen LogP contribution is 2.16. The fraction of sp³-hybridized carbons (Fsp3) is 0.278. The number of aromatic nitrogens is 3. The van der Waals surface area contributed by atoms with E-state index < -0.39 is 0 Å². The summed E-state index contributed by atoms with van der Waals surface area (Å²) in [7, 11) is 3.95. The molecule has 0 aliphatic heterocycles. The van der Waals surface area contributed by atoms with Gasteiger partial charge < -0.3 is 15.2 Å². The van der Waals surface area contributed by atoms with Crippen molar-refractivity contribution >= 4 is 22.6 Å². The van der Waals surface area contributed by atoms with Crippen LogP contribution in [0.5, 0.6) is 0 Å². The maximum Gasteiger partial charge on any atom is 0.326 e. The van der Waals surface area contributed by atoms with E-state index in [1.54, 1.807) is 35.2 Å². The van der Waals surface area contributed by atoms with Crippen LogP contribution in [0.4, 0.5) is 5.69 Å². The molecular weight excluding hydrogens is 318 g/mol. The van der Waals surface area contributed by atoms with Crippen molar-refractivity contribution in [2.75, 3.05) is 19.4 Å². The lowest BCUT2D eigenvalue weighted by atomic mass is 10.1. The first-order chi connectivity index (χ1) is 12.0. The normalized spacial score (nSPS) is 11.2. The van der Waals surface area contributed by atoms with E-state index in [0.29, 0.717) is 17.8 Å². The summed E-state index contributed by atoms with van der Waals surface area (Å²) < 4.78 is 1.60. The monoisotopic (exact) mass is 339 g/mol. The number of aromatic amines is 1. The van der Waals surface area contributed by atoms with Crippen LogP contribution in [0, 0.1) is 0 Å². The molecule has 0 aliphatic rings. The summed E-state index contributed by atoms with van der Waals surface area (Å²) in [6.45, 7) is 3.18.